The van der Waals surface area contributed by atoms with Crippen molar-refractivity contribution < 1.29 is 18.0 Å². The summed E-state index contributed by atoms with van der Waals surface area (Å²) in [6.07, 6.45) is -4.55. The van der Waals surface area contributed by atoms with Crippen molar-refractivity contribution in [3.05, 3.63) is 50.9 Å². The molecule has 0 atom stereocenters. The molecular weight excluding hydrogens is 405 g/mol. The zero-order valence-corrected chi connectivity index (χ0v) is 15.3. The van der Waals surface area contributed by atoms with Gasteiger partial charge in [-0.25, -0.2) is 4.98 Å². The van der Waals surface area contributed by atoms with Gasteiger partial charge in [0.15, 0.2) is 5.16 Å². The van der Waals surface area contributed by atoms with Crippen molar-refractivity contribution in [2.75, 3.05) is 11.1 Å². The molecule has 3 rings (SSSR count). The summed E-state index contributed by atoms with van der Waals surface area (Å²) in [6, 6.07) is 4.35. The van der Waals surface area contributed by atoms with E-state index in [0.29, 0.717) is 11.0 Å². The first-order valence-corrected chi connectivity index (χ1v) is 8.89. The summed E-state index contributed by atoms with van der Waals surface area (Å²) in [5.74, 6) is -0.765. The van der Waals surface area contributed by atoms with Crippen LogP contribution in [0.1, 0.15) is 11.3 Å². The number of nitrogens with zero attached hydrogens (tertiary/aromatic N) is 1. The van der Waals surface area contributed by atoms with Gasteiger partial charge in [0, 0.05) is 5.69 Å². The molecule has 27 heavy (non-hydrogen) atoms. The fourth-order valence-electron chi connectivity index (χ4n) is 2.32. The van der Waals surface area contributed by atoms with Crippen LogP contribution >= 0.6 is 23.4 Å². The van der Waals surface area contributed by atoms with Gasteiger partial charge in [0.25, 0.3) is 5.56 Å². The molecule has 0 bridgehead atoms. The van der Waals surface area contributed by atoms with Crippen LogP contribution in [-0.4, -0.2) is 26.6 Å². The average molecular weight is 417 g/mol. The lowest BCUT2D eigenvalue weighted by atomic mass is 10.2. The average Bonchev–Trinajstić information content (AvgIpc) is 2.95. The number of hydrogen-bond acceptors (Lipinski definition) is 4. The molecule has 3 aromatic rings. The molecule has 6 nitrogen and oxygen atoms in total. The maximum absolute atomic E-state index is 12.8. The largest absolute Gasteiger partial charge is 0.416 e. The highest BCUT2D eigenvalue weighted by atomic mass is 35.5. The van der Waals surface area contributed by atoms with Crippen molar-refractivity contribution >= 4 is 46.0 Å². The summed E-state index contributed by atoms with van der Waals surface area (Å²) in [5, 5.41) is 2.53. The van der Waals surface area contributed by atoms with Gasteiger partial charge in [-0.2, -0.15) is 13.2 Å². The van der Waals surface area contributed by atoms with Gasteiger partial charge in [-0.3, -0.25) is 14.6 Å². The zero-order valence-electron chi connectivity index (χ0n) is 13.7. The Kier molecular flexibility index (Phi) is 5.20. The smallest absolute Gasteiger partial charge is 0.353 e. The summed E-state index contributed by atoms with van der Waals surface area (Å²) < 4.78 is 38.3. The second-order valence-corrected chi connectivity index (χ2v) is 6.98. The van der Waals surface area contributed by atoms with Gasteiger partial charge >= 0.3 is 6.18 Å². The summed E-state index contributed by atoms with van der Waals surface area (Å²) in [6.45, 7) is 1.78. The molecule has 0 aliphatic rings. The van der Waals surface area contributed by atoms with Crippen molar-refractivity contribution in [1.29, 1.82) is 0 Å². The second-order valence-electron chi connectivity index (χ2n) is 5.61. The molecule has 1 aromatic carbocycles. The van der Waals surface area contributed by atoms with Crippen LogP contribution in [-0.2, 0) is 11.0 Å². The Morgan fingerprint density at radius 2 is 2.04 bits per heavy atom. The molecule has 0 fully saturated rings. The summed E-state index contributed by atoms with van der Waals surface area (Å²) in [4.78, 5) is 33.6. The monoisotopic (exact) mass is 416 g/mol. The molecule has 0 unspecified atom stereocenters. The molecular formula is C16H12ClF3N4O2S. The quantitative estimate of drug-likeness (QED) is 0.443. The Morgan fingerprint density at radius 3 is 2.74 bits per heavy atom. The first-order chi connectivity index (χ1) is 12.6. The third-order valence-electron chi connectivity index (χ3n) is 3.51. The number of carbonyl (C=O) groups is 1. The van der Waals surface area contributed by atoms with Crippen LogP contribution in [0.5, 0.6) is 0 Å². The van der Waals surface area contributed by atoms with E-state index in [4.69, 9.17) is 11.6 Å². The van der Waals surface area contributed by atoms with Gasteiger partial charge in [0.2, 0.25) is 5.91 Å². The van der Waals surface area contributed by atoms with Crippen molar-refractivity contribution in [2.45, 2.75) is 18.3 Å². The van der Waals surface area contributed by atoms with E-state index >= 15 is 0 Å². The van der Waals surface area contributed by atoms with E-state index in [2.05, 4.69) is 20.3 Å². The summed E-state index contributed by atoms with van der Waals surface area (Å²) in [7, 11) is 0. The highest BCUT2D eigenvalue weighted by Crippen LogP contribution is 2.33. The number of fused-ring (bicyclic) bond motifs is 1. The molecule has 0 spiro atoms. The van der Waals surface area contributed by atoms with E-state index in [1.807, 2.05) is 0 Å². The number of hydrogen-bond donors (Lipinski definition) is 3. The van der Waals surface area contributed by atoms with E-state index in [0.717, 1.165) is 35.7 Å². The molecule has 0 aliphatic heterocycles. The van der Waals surface area contributed by atoms with Crippen molar-refractivity contribution in [1.82, 2.24) is 15.0 Å². The number of H-pyrrole nitrogens is 2. The van der Waals surface area contributed by atoms with Gasteiger partial charge < -0.3 is 10.3 Å². The normalized spacial score (nSPS) is 11.7. The third-order valence-corrected chi connectivity index (χ3v) is 4.71. The Morgan fingerprint density at radius 1 is 1.30 bits per heavy atom. The number of halogens is 4. The minimum Gasteiger partial charge on any atom is -0.353 e. The number of nitrogens with one attached hydrogen (secondary N) is 3. The minimum absolute atomic E-state index is 0.0166. The molecule has 0 saturated carbocycles. The van der Waals surface area contributed by atoms with Gasteiger partial charge in [-0.05, 0) is 31.2 Å². The number of aryl methyl sites for hydroxylation is 1. The lowest BCUT2D eigenvalue weighted by Gasteiger charge is -2.11. The Balaban J connectivity index is 1.71. The molecule has 11 heteroatoms. The predicted octanol–water partition coefficient (Wildman–Crippen LogP) is 3.96. The number of amides is 1. The van der Waals surface area contributed by atoms with Crippen LogP contribution in [0.15, 0.2) is 34.2 Å². The molecule has 3 N–H and O–H groups in total. The molecule has 1 amide bonds. The maximum Gasteiger partial charge on any atom is 0.416 e. The first-order valence-electron chi connectivity index (χ1n) is 7.52. The number of alkyl halides is 3. The Labute approximate surface area is 159 Å². The van der Waals surface area contributed by atoms with Crippen LogP contribution in [0.4, 0.5) is 18.9 Å². The van der Waals surface area contributed by atoms with Gasteiger partial charge in [-0.15, -0.1) is 0 Å². The van der Waals surface area contributed by atoms with E-state index in [-0.39, 0.29) is 27.2 Å². The Bertz CT molecular complexity index is 1080. The van der Waals surface area contributed by atoms with Crippen LogP contribution in [0.3, 0.4) is 0 Å². The molecule has 0 radical (unpaired) electrons. The van der Waals surface area contributed by atoms with E-state index in [9.17, 15) is 22.8 Å². The number of aromatic nitrogens is 3. The Hall–Kier alpha value is -2.46. The van der Waals surface area contributed by atoms with E-state index in [1.54, 1.807) is 13.0 Å². The van der Waals surface area contributed by atoms with Crippen molar-refractivity contribution in [3.63, 3.8) is 0 Å². The molecule has 2 heterocycles. The van der Waals surface area contributed by atoms with E-state index in [1.165, 1.54) is 0 Å². The summed E-state index contributed by atoms with van der Waals surface area (Å²) in [5.41, 5.74) is 0.112. The number of anilines is 1. The fraction of sp³-hybridized carbons (Fsp3) is 0.188. The van der Waals surface area contributed by atoms with Gasteiger partial charge in [0.05, 0.1) is 27.5 Å². The van der Waals surface area contributed by atoms with Crippen LogP contribution in [0, 0.1) is 6.92 Å². The highest BCUT2D eigenvalue weighted by Gasteiger charge is 2.31. The third kappa shape index (κ3) is 4.45. The second kappa shape index (κ2) is 7.28. The first kappa shape index (κ1) is 19.3. The van der Waals surface area contributed by atoms with Gasteiger partial charge in [0.1, 0.15) is 5.52 Å². The molecule has 0 aliphatic carbocycles. The minimum atomic E-state index is -4.55. The number of rotatable bonds is 4. The predicted molar refractivity (Wildman–Crippen MR) is 97.3 cm³/mol. The van der Waals surface area contributed by atoms with Crippen LogP contribution in [0.25, 0.3) is 11.0 Å². The topological polar surface area (TPSA) is 90.6 Å². The van der Waals surface area contributed by atoms with Crippen LogP contribution < -0.4 is 10.9 Å². The van der Waals surface area contributed by atoms with Gasteiger partial charge in [-0.1, -0.05) is 23.4 Å². The van der Waals surface area contributed by atoms with Crippen molar-refractivity contribution in [2.24, 2.45) is 0 Å². The standard InChI is InChI=1S/C16H12ClF3N4O2S/c1-7-4-11-13(21-7)14(26)24-15(23-11)27-6-12(25)22-10-5-8(16(18,19)20)2-3-9(10)17/h2-5,21H,6H2,1H3,(H,22,25)(H,23,24,26). The summed E-state index contributed by atoms with van der Waals surface area (Å²) >= 11 is 6.79. The van der Waals surface area contributed by atoms with E-state index < -0.39 is 17.6 Å². The van der Waals surface area contributed by atoms with Crippen LogP contribution in [0.2, 0.25) is 5.02 Å². The number of thioether (sulfide) groups is 1. The number of benzene rings is 1. The molecule has 2 aromatic heterocycles. The fourth-order valence-corrected chi connectivity index (χ4v) is 3.15. The number of carbonyl (C=O) groups excluding carboxylic acids is 1. The zero-order chi connectivity index (χ0) is 19.8. The lowest BCUT2D eigenvalue weighted by molar-refractivity contribution is -0.137. The lowest BCUT2D eigenvalue weighted by Crippen LogP contribution is -2.16. The SMILES string of the molecule is Cc1cc2nc(SCC(=O)Nc3cc(C(F)(F)F)ccc3Cl)[nH]c(=O)c2[nH]1. The highest BCUT2D eigenvalue weighted by molar-refractivity contribution is 7.99. The molecule has 0 saturated heterocycles. The molecule has 142 valence electrons. The van der Waals surface area contributed by atoms with Crippen molar-refractivity contribution in [3.8, 4) is 0 Å². The number of aromatic amines is 2. The maximum atomic E-state index is 12.8.